The van der Waals surface area contributed by atoms with Gasteiger partial charge in [-0.3, -0.25) is 0 Å². The molecule has 10 aromatic rings. The van der Waals surface area contributed by atoms with E-state index in [1.54, 1.807) is 0 Å². The van der Waals surface area contributed by atoms with Crippen LogP contribution >= 0.6 is 0 Å². The molecule has 2 nitrogen and oxygen atoms in total. The normalized spacial score (nSPS) is 11.6. The number of hydrogen-bond donors (Lipinski definition) is 0. The number of para-hydroxylation sites is 2. The first-order valence-corrected chi connectivity index (χ1v) is 17.2. The molecule has 0 fully saturated rings. The molecular weight excluding hydrogens is 605 g/mol. The maximum atomic E-state index is 2.41. The molecule has 0 saturated heterocycles. The number of aromatic nitrogens is 1. The van der Waals surface area contributed by atoms with Crippen molar-refractivity contribution in [3.8, 4) is 16.8 Å². The van der Waals surface area contributed by atoms with Crippen LogP contribution in [-0.2, 0) is 0 Å². The zero-order valence-electron chi connectivity index (χ0n) is 27.4. The van der Waals surface area contributed by atoms with Crippen molar-refractivity contribution >= 4 is 71.2 Å². The average molecular weight is 637 g/mol. The summed E-state index contributed by atoms with van der Waals surface area (Å²) in [7, 11) is 0. The van der Waals surface area contributed by atoms with E-state index in [0.717, 1.165) is 22.7 Å². The lowest BCUT2D eigenvalue weighted by atomic mass is 9.94. The highest BCUT2D eigenvalue weighted by molar-refractivity contribution is 6.25. The van der Waals surface area contributed by atoms with E-state index in [0.29, 0.717) is 0 Å². The summed E-state index contributed by atoms with van der Waals surface area (Å²) < 4.78 is 2.41. The summed E-state index contributed by atoms with van der Waals surface area (Å²) in [5.74, 6) is 0. The Bertz CT molecular complexity index is 2810. The van der Waals surface area contributed by atoms with E-state index in [4.69, 9.17) is 0 Å². The third kappa shape index (κ3) is 4.50. The van der Waals surface area contributed by atoms with Crippen LogP contribution in [0.2, 0.25) is 0 Å². The Morgan fingerprint density at radius 2 is 0.740 bits per heavy atom. The van der Waals surface area contributed by atoms with Gasteiger partial charge in [0.25, 0.3) is 0 Å². The fourth-order valence-corrected chi connectivity index (χ4v) is 7.87. The van der Waals surface area contributed by atoms with Crippen LogP contribution in [-0.4, -0.2) is 4.57 Å². The third-order valence-electron chi connectivity index (χ3n) is 10.1. The average Bonchev–Trinajstić information content (AvgIpc) is 3.52. The van der Waals surface area contributed by atoms with Crippen molar-refractivity contribution in [2.75, 3.05) is 4.90 Å². The molecule has 1 heterocycles. The highest BCUT2D eigenvalue weighted by atomic mass is 15.1. The van der Waals surface area contributed by atoms with Crippen molar-refractivity contribution in [1.29, 1.82) is 0 Å². The number of anilines is 3. The van der Waals surface area contributed by atoms with E-state index in [1.165, 1.54) is 65.3 Å². The zero-order chi connectivity index (χ0) is 33.0. The quantitative estimate of drug-likeness (QED) is 0.171. The Kier molecular flexibility index (Phi) is 6.53. The van der Waals surface area contributed by atoms with Crippen molar-refractivity contribution in [3.05, 3.63) is 194 Å². The maximum Gasteiger partial charge on any atom is 0.0561 e. The van der Waals surface area contributed by atoms with Crippen LogP contribution in [0.4, 0.5) is 17.1 Å². The Hall–Kier alpha value is -6.64. The van der Waals surface area contributed by atoms with Gasteiger partial charge in [0.15, 0.2) is 0 Å². The van der Waals surface area contributed by atoms with Gasteiger partial charge in [-0.15, -0.1) is 0 Å². The first-order chi connectivity index (χ1) is 24.8. The summed E-state index contributed by atoms with van der Waals surface area (Å²) in [5, 5.41) is 10.1. The molecule has 10 rings (SSSR count). The van der Waals surface area contributed by atoms with Crippen LogP contribution in [0.15, 0.2) is 194 Å². The van der Waals surface area contributed by atoms with Gasteiger partial charge in [0.1, 0.15) is 0 Å². The Morgan fingerprint density at radius 1 is 0.280 bits per heavy atom. The van der Waals surface area contributed by atoms with Crippen molar-refractivity contribution < 1.29 is 0 Å². The zero-order valence-corrected chi connectivity index (χ0v) is 27.4. The molecule has 0 unspecified atom stereocenters. The van der Waals surface area contributed by atoms with E-state index in [9.17, 15) is 0 Å². The topological polar surface area (TPSA) is 8.17 Å². The molecule has 0 spiro atoms. The van der Waals surface area contributed by atoms with Crippen LogP contribution in [0.25, 0.3) is 70.9 Å². The number of hydrogen-bond acceptors (Lipinski definition) is 1. The van der Waals surface area contributed by atoms with Crippen LogP contribution in [0, 0.1) is 0 Å². The second-order valence-electron chi connectivity index (χ2n) is 13.0. The van der Waals surface area contributed by atoms with Gasteiger partial charge in [0.2, 0.25) is 0 Å². The molecule has 0 bridgehead atoms. The van der Waals surface area contributed by atoms with Gasteiger partial charge in [-0.25, -0.2) is 0 Å². The van der Waals surface area contributed by atoms with E-state index in [-0.39, 0.29) is 0 Å². The van der Waals surface area contributed by atoms with E-state index >= 15 is 0 Å². The molecule has 0 aliphatic heterocycles. The number of benzene rings is 9. The number of fused-ring (bicyclic) bond motifs is 9. The van der Waals surface area contributed by atoms with Crippen molar-refractivity contribution in [1.82, 2.24) is 4.57 Å². The van der Waals surface area contributed by atoms with Crippen LogP contribution in [0.3, 0.4) is 0 Å². The van der Waals surface area contributed by atoms with Gasteiger partial charge >= 0.3 is 0 Å². The summed E-state index contributed by atoms with van der Waals surface area (Å²) in [6, 6.07) is 70.4. The van der Waals surface area contributed by atoms with Crippen LogP contribution in [0.5, 0.6) is 0 Å². The van der Waals surface area contributed by atoms with Gasteiger partial charge < -0.3 is 9.47 Å². The number of nitrogens with zero attached hydrogens (tertiary/aromatic N) is 2. The van der Waals surface area contributed by atoms with E-state index in [1.807, 2.05) is 0 Å². The first-order valence-electron chi connectivity index (χ1n) is 17.2. The summed E-state index contributed by atoms with van der Waals surface area (Å²) in [6.45, 7) is 0. The minimum absolute atomic E-state index is 1.11. The van der Waals surface area contributed by atoms with E-state index in [2.05, 4.69) is 204 Å². The van der Waals surface area contributed by atoms with Gasteiger partial charge in [0.05, 0.1) is 11.0 Å². The van der Waals surface area contributed by atoms with Crippen molar-refractivity contribution in [2.45, 2.75) is 0 Å². The molecule has 0 amide bonds. The number of rotatable bonds is 5. The smallest absolute Gasteiger partial charge is 0.0561 e. The first kappa shape index (κ1) is 28.4. The predicted molar refractivity (Wildman–Crippen MR) is 213 cm³/mol. The molecule has 0 saturated carbocycles. The van der Waals surface area contributed by atoms with Gasteiger partial charge in [-0.1, -0.05) is 140 Å². The minimum Gasteiger partial charge on any atom is -0.310 e. The third-order valence-corrected chi connectivity index (χ3v) is 10.1. The SMILES string of the molecule is c1ccc(-c2ccc(-n3c4ccccc4c4ccc(N(c5ccccc5)c5ccc6c7ccccc7c7ccccc7c6c5)cc43)cc2)cc1. The molecule has 1 aromatic heterocycles. The molecule has 0 aliphatic rings. The van der Waals surface area contributed by atoms with Crippen LogP contribution < -0.4 is 4.90 Å². The van der Waals surface area contributed by atoms with Gasteiger partial charge in [-0.2, -0.15) is 0 Å². The second kappa shape index (κ2) is 11.5. The molecule has 0 aliphatic carbocycles. The Morgan fingerprint density at radius 3 is 1.40 bits per heavy atom. The fraction of sp³-hybridized carbons (Fsp3) is 0. The Balaban J connectivity index is 1.20. The van der Waals surface area contributed by atoms with Crippen molar-refractivity contribution in [3.63, 3.8) is 0 Å². The lowest BCUT2D eigenvalue weighted by Crippen LogP contribution is -2.10. The van der Waals surface area contributed by atoms with Gasteiger partial charge in [-0.05, 0) is 98.0 Å². The maximum absolute atomic E-state index is 2.41. The second-order valence-corrected chi connectivity index (χ2v) is 13.0. The molecule has 0 N–H and O–H groups in total. The molecule has 0 radical (unpaired) electrons. The van der Waals surface area contributed by atoms with E-state index < -0.39 is 0 Å². The Labute approximate surface area is 290 Å². The molecule has 234 valence electrons. The summed E-state index contributed by atoms with van der Waals surface area (Å²) >= 11 is 0. The molecular formula is C48H32N2. The summed E-state index contributed by atoms with van der Waals surface area (Å²) in [5.41, 5.74) is 9.30. The predicted octanol–water partition coefficient (Wildman–Crippen LogP) is 13.4. The van der Waals surface area contributed by atoms with Gasteiger partial charge in [0, 0.05) is 33.5 Å². The summed E-state index contributed by atoms with van der Waals surface area (Å²) in [4.78, 5) is 2.39. The highest BCUT2D eigenvalue weighted by Crippen LogP contribution is 2.42. The summed E-state index contributed by atoms with van der Waals surface area (Å²) in [6.07, 6.45) is 0. The molecule has 2 heteroatoms. The monoisotopic (exact) mass is 636 g/mol. The van der Waals surface area contributed by atoms with Crippen molar-refractivity contribution in [2.24, 2.45) is 0 Å². The highest BCUT2D eigenvalue weighted by Gasteiger charge is 2.19. The molecule has 9 aromatic carbocycles. The molecule has 50 heavy (non-hydrogen) atoms. The minimum atomic E-state index is 1.11. The lowest BCUT2D eigenvalue weighted by Gasteiger charge is -2.26. The fourth-order valence-electron chi connectivity index (χ4n) is 7.87. The molecule has 0 atom stereocenters. The largest absolute Gasteiger partial charge is 0.310 e. The standard InChI is InChI=1S/C48H32N2/c1-3-13-33(14-4-1)34-23-25-36(26-24-34)50-47-22-12-11-21-44(47)45-30-28-38(32-48(45)50)49(35-15-5-2-6-16-35)37-27-29-43-41-19-8-7-17-39(41)40-18-9-10-20-42(40)46(43)31-37/h1-32H. The lowest BCUT2D eigenvalue weighted by molar-refractivity contribution is 1.18. The van der Waals surface area contributed by atoms with Crippen LogP contribution in [0.1, 0.15) is 0 Å².